The minimum Gasteiger partial charge on any atom is -0.292 e. The third kappa shape index (κ3) is 1.77. The van der Waals surface area contributed by atoms with Crippen molar-refractivity contribution in [2.75, 3.05) is 0 Å². The van der Waals surface area contributed by atoms with Crippen LogP contribution in [0.3, 0.4) is 0 Å². The van der Waals surface area contributed by atoms with Crippen LogP contribution in [-0.2, 0) is 6.42 Å². The van der Waals surface area contributed by atoms with Gasteiger partial charge in [0.25, 0.3) is 0 Å². The smallest absolute Gasteiger partial charge is 0.182 e. The molecule has 0 aliphatic heterocycles. The van der Waals surface area contributed by atoms with Crippen molar-refractivity contribution < 1.29 is 4.79 Å². The van der Waals surface area contributed by atoms with Crippen LogP contribution in [0.25, 0.3) is 9.88 Å². The molecule has 3 rings (SSSR count). The summed E-state index contributed by atoms with van der Waals surface area (Å²) < 4.78 is 1.10. The summed E-state index contributed by atoms with van der Waals surface area (Å²) in [6, 6.07) is 4.06. The number of hydrogen-bond donors (Lipinski definition) is 0. The molecule has 0 aromatic carbocycles. The molecule has 2 aromatic rings. The van der Waals surface area contributed by atoms with Gasteiger partial charge in [0.15, 0.2) is 5.78 Å². The van der Waals surface area contributed by atoms with Crippen LogP contribution in [-0.4, -0.2) is 10.8 Å². The maximum absolute atomic E-state index is 11.7. The predicted octanol–water partition coefficient (Wildman–Crippen LogP) is 4.15. The Kier molecular flexibility index (Phi) is 2.69. The number of halogens is 1. The molecule has 2 nitrogen and oxygen atoms in total. The van der Waals surface area contributed by atoms with Crippen molar-refractivity contribution >= 4 is 44.4 Å². The second-order valence-corrected chi connectivity index (χ2v) is 7.22. The standard InChI is InChI=1S/C11H8BrNOS2/c12-9-5-4-8(15-9)11-13-10-6(14)2-1-3-7(10)16-11/h4-5H,1-3H2. The monoisotopic (exact) mass is 313 g/mol. The Labute approximate surface area is 109 Å². The quantitative estimate of drug-likeness (QED) is 0.791. The zero-order valence-electron chi connectivity index (χ0n) is 8.33. The van der Waals surface area contributed by atoms with Gasteiger partial charge < -0.3 is 0 Å². The summed E-state index contributed by atoms with van der Waals surface area (Å²) >= 11 is 6.76. The highest BCUT2D eigenvalue weighted by molar-refractivity contribution is 9.11. The van der Waals surface area contributed by atoms with Crippen molar-refractivity contribution in [2.45, 2.75) is 19.3 Å². The van der Waals surface area contributed by atoms with Crippen LogP contribution in [0.2, 0.25) is 0 Å². The first kappa shape index (κ1) is 10.6. The second-order valence-electron chi connectivity index (χ2n) is 3.67. The number of carbonyl (C=O) groups is 1. The van der Waals surface area contributed by atoms with Crippen molar-refractivity contribution in [3.63, 3.8) is 0 Å². The zero-order chi connectivity index (χ0) is 11.1. The molecule has 0 spiro atoms. The normalized spacial score (nSPS) is 15.2. The molecule has 1 aliphatic rings. The van der Waals surface area contributed by atoms with E-state index in [1.807, 2.05) is 12.1 Å². The number of hydrogen-bond acceptors (Lipinski definition) is 4. The van der Waals surface area contributed by atoms with Crippen LogP contribution < -0.4 is 0 Å². The highest BCUT2D eigenvalue weighted by Crippen LogP contribution is 2.37. The molecule has 0 atom stereocenters. The van der Waals surface area contributed by atoms with E-state index >= 15 is 0 Å². The minimum absolute atomic E-state index is 0.208. The molecule has 0 bridgehead atoms. The van der Waals surface area contributed by atoms with Gasteiger partial charge in [-0.25, -0.2) is 4.98 Å². The van der Waals surface area contributed by atoms with Gasteiger partial charge in [-0.3, -0.25) is 4.79 Å². The average molecular weight is 314 g/mol. The Hall–Kier alpha value is -0.520. The number of thiazole rings is 1. The first-order chi connectivity index (χ1) is 7.74. The lowest BCUT2D eigenvalue weighted by atomic mass is 10.0. The van der Waals surface area contributed by atoms with Gasteiger partial charge in [-0.15, -0.1) is 22.7 Å². The summed E-state index contributed by atoms with van der Waals surface area (Å²) in [5.41, 5.74) is 0.718. The van der Waals surface area contributed by atoms with E-state index in [9.17, 15) is 4.79 Å². The van der Waals surface area contributed by atoms with E-state index in [1.54, 1.807) is 22.7 Å². The Balaban J connectivity index is 2.07. The maximum Gasteiger partial charge on any atom is 0.182 e. The van der Waals surface area contributed by atoms with Gasteiger partial charge >= 0.3 is 0 Å². The van der Waals surface area contributed by atoms with Crippen LogP contribution in [0.1, 0.15) is 28.2 Å². The largest absolute Gasteiger partial charge is 0.292 e. The molecular formula is C11H8BrNOS2. The summed E-state index contributed by atoms with van der Waals surface area (Å²) in [6.45, 7) is 0. The zero-order valence-corrected chi connectivity index (χ0v) is 11.5. The molecule has 5 heteroatoms. The molecule has 0 amide bonds. The molecule has 82 valence electrons. The van der Waals surface area contributed by atoms with E-state index in [1.165, 1.54) is 0 Å². The van der Waals surface area contributed by atoms with Gasteiger partial charge in [-0.1, -0.05) is 0 Å². The van der Waals surface area contributed by atoms with E-state index in [2.05, 4.69) is 20.9 Å². The third-order valence-electron chi connectivity index (χ3n) is 2.55. The van der Waals surface area contributed by atoms with Crippen molar-refractivity contribution in [2.24, 2.45) is 0 Å². The number of Topliss-reactive ketones (excluding diaryl/α,β-unsaturated/α-hetero) is 1. The second kappa shape index (κ2) is 4.05. The summed E-state index contributed by atoms with van der Waals surface area (Å²) in [5.74, 6) is 0.208. The molecule has 2 aromatic heterocycles. The summed E-state index contributed by atoms with van der Waals surface area (Å²) in [6.07, 6.45) is 2.64. The Morgan fingerprint density at radius 3 is 2.81 bits per heavy atom. The van der Waals surface area contributed by atoms with E-state index in [4.69, 9.17) is 0 Å². The molecule has 16 heavy (non-hydrogen) atoms. The Bertz CT molecular complexity index is 558. The molecule has 1 aliphatic carbocycles. The molecule has 0 unspecified atom stereocenters. The number of ketones is 1. The van der Waals surface area contributed by atoms with Gasteiger partial charge in [0.05, 0.1) is 8.66 Å². The van der Waals surface area contributed by atoms with E-state index in [0.717, 1.165) is 37.1 Å². The van der Waals surface area contributed by atoms with Gasteiger partial charge in [-0.05, 0) is 40.9 Å². The fraction of sp³-hybridized carbons (Fsp3) is 0.273. The third-order valence-corrected chi connectivity index (χ3v) is 5.46. The van der Waals surface area contributed by atoms with Crippen LogP contribution in [0.4, 0.5) is 0 Å². The van der Waals surface area contributed by atoms with Crippen LogP contribution >= 0.6 is 38.6 Å². The number of aryl methyl sites for hydroxylation is 1. The topological polar surface area (TPSA) is 30.0 Å². The summed E-state index contributed by atoms with van der Waals surface area (Å²) in [5, 5.41) is 0.982. The summed E-state index contributed by atoms with van der Waals surface area (Å²) in [7, 11) is 0. The lowest BCUT2D eigenvalue weighted by Crippen LogP contribution is -2.08. The number of carbonyl (C=O) groups excluding carboxylic acids is 1. The SMILES string of the molecule is O=C1CCCc2sc(-c3ccc(Br)s3)nc21. The van der Waals surface area contributed by atoms with Crippen molar-refractivity contribution in [1.29, 1.82) is 0 Å². The summed E-state index contributed by atoms with van der Waals surface area (Å²) in [4.78, 5) is 18.4. The van der Waals surface area contributed by atoms with Crippen LogP contribution in [0.5, 0.6) is 0 Å². The van der Waals surface area contributed by atoms with Crippen molar-refractivity contribution in [3.05, 3.63) is 26.5 Å². The highest BCUT2D eigenvalue weighted by Gasteiger charge is 2.22. The minimum atomic E-state index is 0.208. The number of fused-ring (bicyclic) bond motifs is 1. The van der Waals surface area contributed by atoms with E-state index in [0.29, 0.717) is 6.42 Å². The van der Waals surface area contributed by atoms with E-state index in [-0.39, 0.29) is 5.78 Å². The number of nitrogens with zero attached hydrogens (tertiary/aromatic N) is 1. The van der Waals surface area contributed by atoms with Crippen LogP contribution in [0, 0.1) is 0 Å². The molecule has 2 heterocycles. The molecule has 0 radical (unpaired) electrons. The first-order valence-corrected chi connectivity index (χ1v) is 7.45. The van der Waals surface area contributed by atoms with Gasteiger partial charge in [0.2, 0.25) is 0 Å². The molecule has 0 saturated carbocycles. The number of aromatic nitrogens is 1. The molecular weight excluding hydrogens is 306 g/mol. The van der Waals surface area contributed by atoms with Gasteiger partial charge in [-0.2, -0.15) is 0 Å². The average Bonchev–Trinajstić information content (AvgIpc) is 2.84. The fourth-order valence-corrected chi connectivity index (χ4v) is 4.36. The van der Waals surface area contributed by atoms with E-state index < -0.39 is 0 Å². The fourth-order valence-electron chi connectivity index (χ4n) is 1.80. The maximum atomic E-state index is 11.7. The highest BCUT2D eigenvalue weighted by atomic mass is 79.9. The van der Waals surface area contributed by atoms with Gasteiger partial charge in [0, 0.05) is 11.3 Å². The first-order valence-electron chi connectivity index (χ1n) is 5.02. The lowest BCUT2D eigenvalue weighted by molar-refractivity contribution is 0.0968. The molecule has 0 N–H and O–H groups in total. The van der Waals surface area contributed by atoms with Crippen molar-refractivity contribution in [3.8, 4) is 9.88 Å². The number of rotatable bonds is 1. The Morgan fingerprint density at radius 2 is 2.12 bits per heavy atom. The predicted molar refractivity (Wildman–Crippen MR) is 70.4 cm³/mol. The lowest BCUT2D eigenvalue weighted by Gasteiger charge is -2.06. The molecule has 0 saturated heterocycles. The van der Waals surface area contributed by atoms with Gasteiger partial charge in [0.1, 0.15) is 10.7 Å². The van der Waals surface area contributed by atoms with Crippen molar-refractivity contribution in [1.82, 2.24) is 4.98 Å². The molecule has 0 fully saturated rings. The van der Waals surface area contributed by atoms with Crippen LogP contribution in [0.15, 0.2) is 15.9 Å². The Morgan fingerprint density at radius 1 is 1.25 bits per heavy atom. The number of thiophene rings is 1.